The van der Waals surface area contributed by atoms with Crippen molar-refractivity contribution in [1.29, 1.82) is 0 Å². The molecule has 2 rings (SSSR count). The normalized spacial score (nSPS) is 15.7. The molecule has 1 saturated heterocycles. The monoisotopic (exact) mass is 450 g/mol. The van der Waals surface area contributed by atoms with Crippen LogP contribution in [0.15, 0.2) is 23.2 Å². The molecule has 3 N–H and O–H groups in total. The zero-order valence-electron chi connectivity index (χ0n) is 14.2. The summed E-state index contributed by atoms with van der Waals surface area (Å²) in [6.45, 7) is 4.50. The highest BCUT2D eigenvalue weighted by Gasteiger charge is 2.09. The predicted octanol–water partition coefficient (Wildman–Crippen LogP) is 2.09. The van der Waals surface area contributed by atoms with Crippen LogP contribution in [-0.4, -0.2) is 49.2 Å². The molecule has 1 aromatic carbocycles. The van der Waals surface area contributed by atoms with Crippen LogP contribution < -0.4 is 10.6 Å². The third-order valence-electron chi connectivity index (χ3n) is 4.13. The van der Waals surface area contributed by atoms with Crippen molar-refractivity contribution in [2.45, 2.75) is 32.4 Å². The number of guanidine groups is 1. The Morgan fingerprint density at radius 3 is 2.67 bits per heavy atom. The summed E-state index contributed by atoms with van der Waals surface area (Å²) in [4.78, 5) is 6.67. The fourth-order valence-corrected chi connectivity index (χ4v) is 2.78. The molecule has 1 aliphatic heterocycles. The zero-order chi connectivity index (χ0) is 16.5. The number of nitrogens with one attached hydrogen (secondary N) is 2. The van der Waals surface area contributed by atoms with Gasteiger partial charge in [0.15, 0.2) is 5.96 Å². The summed E-state index contributed by atoms with van der Waals surface area (Å²) in [5, 5.41) is 15.6. The molecule has 1 aromatic rings. The number of hydrogen-bond donors (Lipinski definition) is 3. The number of halogens is 2. The minimum atomic E-state index is -0.375. The predicted molar refractivity (Wildman–Crippen MR) is 106 cm³/mol. The highest BCUT2D eigenvalue weighted by molar-refractivity contribution is 14.0. The molecule has 7 heteroatoms. The second-order valence-corrected chi connectivity index (χ2v) is 5.84. The maximum absolute atomic E-state index is 13.4. The first-order valence-electron chi connectivity index (χ1n) is 8.28. The summed E-state index contributed by atoms with van der Waals surface area (Å²) in [5.74, 6) is 0.358. The Hall–Kier alpha value is -0.930. The van der Waals surface area contributed by atoms with Gasteiger partial charge in [-0.1, -0.05) is 12.5 Å². The van der Waals surface area contributed by atoms with Crippen molar-refractivity contribution in [2.75, 3.05) is 33.2 Å². The van der Waals surface area contributed by atoms with Crippen LogP contribution in [0.5, 0.6) is 0 Å². The van der Waals surface area contributed by atoms with Gasteiger partial charge in [-0.05, 0) is 43.6 Å². The Balaban J connectivity index is 0.00000288. The summed E-state index contributed by atoms with van der Waals surface area (Å²) in [5.41, 5.74) is 1.23. The first-order chi connectivity index (χ1) is 11.2. The van der Waals surface area contributed by atoms with E-state index >= 15 is 0 Å². The van der Waals surface area contributed by atoms with E-state index in [4.69, 9.17) is 5.11 Å². The van der Waals surface area contributed by atoms with Gasteiger partial charge >= 0.3 is 0 Å². The Labute approximate surface area is 160 Å². The van der Waals surface area contributed by atoms with Crippen LogP contribution in [0, 0.1) is 5.82 Å². The first-order valence-corrected chi connectivity index (χ1v) is 8.28. The number of hydrogen-bond acceptors (Lipinski definition) is 3. The van der Waals surface area contributed by atoms with E-state index < -0.39 is 0 Å². The van der Waals surface area contributed by atoms with Crippen LogP contribution in [0.2, 0.25) is 0 Å². The lowest BCUT2D eigenvalue weighted by atomic mass is 10.1. The molecular formula is C17H28FIN4O. The van der Waals surface area contributed by atoms with E-state index in [0.717, 1.165) is 24.6 Å². The van der Waals surface area contributed by atoms with E-state index in [1.807, 2.05) is 0 Å². The van der Waals surface area contributed by atoms with E-state index in [1.165, 1.54) is 38.4 Å². The second-order valence-electron chi connectivity index (χ2n) is 5.84. The van der Waals surface area contributed by atoms with Crippen molar-refractivity contribution in [3.63, 3.8) is 0 Å². The number of rotatable bonds is 6. The van der Waals surface area contributed by atoms with E-state index in [0.29, 0.717) is 12.1 Å². The molecule has 0 bridgehead atoms. The number of aliphatic hydroxyl groups excluding tert-OH is 1. The second kappa shape index (κ2) is 11.6. The molecule has 0 atom stereocenters. The number of aliphatic hydroxyl groups is 1. The van der Waals surface area contributed by atoms with Gasteiger partial charge in [-0.15, -0.1) is 24.0 Å². The van der Waals surface area contributed by atoms with E-state index in [2.05, 4.69) is 20.5 Å². The lowest BCUT2D eigenvalue weighted by molar-refractivity contribution is 0.232. The van der Waals surface area contributed by atoms with Gasteiger partial charge in [0.05, 0.1) is 6.61 Å². The van der Waals surface area contributed by atoms with Crippen LogP contribution >= 0.6 is 24.0 Å². The third-order valence-corrected chi connectivity index (χ3v) is 4.13. The number of aliphatic imine (C=N–C) groups is 1. The molecule has 1 heterocycles. The number of benzene rings is 1. The maximum Gasteiger partial charge on any atom is 0.191 e. The molecular weight excluding hydrogens is 422 g/mol. The van der Waals surface area contributed by atoms with Crippen LogP contribution in [0.3, 0.4) is 0 Å². The Kier molecular flexibility index (Phi) is 10.2. The fourth-order valence-electron chi connectivity index (χ4n) is 2.78. The Bertz CT molecular complexity index is 521. The lowest BCUT2D eigenvalue weighted by Gasteiger charge is -2.26. The smallest absolute Gasteiger partial charge is 0.191 e. The first kappa shape index (κ1) is 21.1. The number of piperidine rings is 1. The van der Waals surface area contributed by atoms with Gasteiger partial charge in [0.25, 0.3) is 0 Å². The molecule has 0 unspecified atom stereocenters. The van der Waals surface area contributed by atoms with Gasteiger partial charge in [-0.2, -0.15) is 0 Å². The number of likely N-dealkylation sites (tertiary alicyclic amines) is 1. The maximum atomic E-state index is 13.4. The number of nitrogens with zero attached hydrogens (tertiary/aromatic N) is 2. The van der Waals surface area contributed by atoms with Gasteiger partial charge in [0.2, 0.25) is 0 Å². The minimum absolute atomic E-state index is 0. The topological polar surface area (TPSA) is 59.9 Å². The molecule has 0 spiro atoms. The molecule has 0 aliphatic carbocycles. The average Bonchev–Trinajstić information content (AvgIpc) is 2.60. The van der Waals surface area contributed by atoms with E-state index in [-0.39, 0.29) is 36.4 Å². The fraction of sp³-hybridized carbons (Fsp3) is 0.588. The molecule has 5 nitrogen and oxygen atoms in total. The summed E-state index contributed by atoms with van der Waals surface area (Å²) in [6, 6.07) is 4.76. The molecule has 1 fully saturated rings. The van der Waals surface area contributed by atoms with E-state index in [9.17, 15) is 4.39 Å². The van der Waals surface area contributed by atoms with Crippen molar-refractivity contribution in [1.82, 2.24) is 15.5 Å². The van der Waals surface area contributed by atoms with Crippen molar-refractivity contribution >= 4 is 29.9 Å². The van der Waals surface area contributed by atoms with Crippen LogP contribution in [0.25, 0.3) is 0 Å². The van der Waals surface area contributed by atoms with Gasteiger partial charge in [-0.25, -0.2) is 4.39 Å². The Morgan fingerprint density at radius 1 is 1.25 bits per heavy atom. The van der Waals surface area contributed by atoms with Gasteiger partial charge in [0.1, 0.15) is 5.82 Å². The lowest BCUT2D eigenvalue weighted by Crippen LogP contribution is -2.42. The van der Waals surface area contributed by atoms with Crippen molar-refractivity contribution in [3.8, 4) is 0 Å². The Morgan fingerprint density at radius 2 is 2.00 bits per heavy atom. The molecule has 24 heavy (non-hydrogen) atoms. The summed E-state index contributed by atoms with van der Waals surface area (Å²) in [6.07, 6.45) is 3.94. The standard InChI is InChI=1S/C17H27FN4O.HI/c1-19-17(20-7-10-22-8-3-2-4-9-22)21-12-14-5-6-16(18)15(11-14)13-23;/h5-6,11,23H,2-4,7-10,12-13H2,1H3,(H2,19,20,21);1H. The minimum Gasteiger partial charge on any atom is -0.392 e. The van der Waals surface area contributed by atoms with Crippen molar-refractivity contribution in [3.05, 3.63) is 35.1 Å². The largest absolute Gasteiger partial charge is 0.392 e. The molecule has 0 amide bonds. The average molecular weight is 450 g/mol. The zero-order valence-corrected chi connectivity index (χ0v) is 16.6. The molecule has 0 aromatic heterocycles. The highest BCUT2D eigenvalue weighted by atomic mass is 127. The van der Waals surface area contributed by atoms with Crippen LogP contribution in [0.1, 0.15) is 30.4 Å². The molecule has 136 valence electrons. The van der Waals surface area contributed by atoms with Crippen LogP contribution in [0.4, 0.5) is 4.39 Å². The summed E-state index contributed by atoms with van der Waals surface area (Å²) in [7, 11) is 1.74. The quantitative estimate of drug-likeness (QED) is 0.353. The molecule has 0 radical (unpaired) electrons. The summed E-state index contributed by atoms with van der Waals surface area (Å²) >= 11 is 0. The van der Waals surface area contributed by atoms with E-state index in [1.54, 1.807) is 19.2 Å². The highest BCUT2D eigenvalue weighted by Crippen LogP contribution is 2.10. The van der Waals surface area contributed by atoms with Gasteiger partial charge < -0.3 is 20.6 Å². The van der Waals surface area contributed by atoms with Crippen LogP contribution in [-0.2, 0) is 13.2 Å². The molecule has 1 aliphatic rings. The third kappa shape index (κ3) is 6.90. The van der Waals surface area contributed by atoms with Crippen molar-refractivity contribution in [2.24, 2.45) is 4.99 Å². The van der Waals surface area contributed by atoms with Gasteiger partial charge in [0, 0.05) is 32.2 Å². The van der Waals surface area contributed by atoms with Gasteiger partial charge in [-0.3, -0.25) is 4.99 Å². The SMILES string of the molecule is CN=C(NCCN1CCCCC1)NCc1ccc(F)c(CO)c1.I. The molecule has 0 saturated carbocycles. The summed E-state index contributed by atoms with van der Waals surface area (Å²) < 4.78 is 13.4. The van der Waals surface area contributed by atoms with Crippen molar-refractivity contribution < 1.29 is 9.50 Å².